The number of nitrogens with zero attached hydrogens (tertiary/aromatic N) is 2. The summed E-state index contributed by atoms with van der Waals surface area (Å²) in [4.78, 5) is 11.0. The summed E-state index contributed by atoms with van der Waals surface area (Å²) in [5.41, 5.74) is 1.01. The Labute approximate surface area is 157 Å². The van der Waals surface area contributed by atoms with Gasteiger partial charge in [0.1, 0.15) is 5.82 Å². The van der Waals surface area contributed by atoms with Crippen LogP contribution in [-0.4, -0.2) is 28.3 Å². The number of carbonyl (C=O) groups is 1. The summed E-state index contributed by atoms with van der Waals surface area (Å²) in [6.45, 7) is 3.86. The first-order valence-corrected chi connectivity index (χ1v) is 8.99. The van der Waals surface area contributed by atoms with Gasteiger partial charge in [0.05, 0.1) is 19.3 Å². The molecule has 1 aliphatic carbocycles. The molecule has 1 amide bonds. The molecule has 0 unspecified atom stereocenters. The Morgan fingerprint density at radius 3 is 2.89 bits per heavy atom. The molecule has 27 heavy (non-hydrogen) atoms. The molecule has 1 heterocycles. The van der Waals surface area contributed by atoms with Gasteiger partial charge in [-0.15, -0.1) is 0 Å². The third-order valence-corrected chi connectivity index (χ3v) is 4.27. The Bertz CT molecular complexity index is 844. The van der Waals surface area contributed by atoms with E-state index in [2.05, 4.69) is 10.4 Å². The summed E-state index contributed by atoms with van der Waals surface area (Å²) < 4.78 is 35.3. The number of halogens is 2. The van der Waals surface area contributed by atoms with Crippen LogP contribution in [-0.2, 0) is 11.3 Å². The molecule has 1 fully saturated rings. The van der Waals surface area contributed by atoms with Crippen molar-refractivity contribution in [2.24, 2.45) is 5.92 Å². The van der Waals surface area contributed by atoms with E-state index >= 15 is 0 Å². The Morgan fingerprint density at radius 1 is 1.41 bits per heavy atom. The molecule has 3 rings (SSSR count). The summed E-state index contributed by atoms with van der Waals surface area (Å²) in [5.74, 6) is -0.766. The summed E-state index contributed by atoms with van der Waals surface area (Å²) in [5, 5.41) is 6.91. The minimum Gasteiger partial charge on any atom is -0.490 e. The smallest absolute Gasteiger partial charge is 0.217 e. The second kappa shape index (κ2) is 8.33. The zero-order chi connectivity index (χ0) is 19.4. The average molecular weight is 375 g/mol. The third-order valence-electron chi connectivity index (χ3n) is 4.27. The standard InChI is InChI=1S/C20H23F2N3O2/c1-13(24-14(2)26)3-4-16-9-23-25(10-16)11-17-7-19(22)20(8-18(17)21)27-12-15-5-6-15/h3-4,7-10,13,15H,5-6,11-12H2,1-2H3,(H,24,26)/b4-3+/t13-/m0/s1. The van der Waals surface area contributed by atoms with Crippen molar-refractivity contribution < 1.29 is 18.3 Å². The Hall–Kier alpha value is -2.70. The van der Waals surface area contributed by atoms with Crippen LogP contribution in [0.2, 0.25) is 0 Å². The largest absolute Gasteiger partial charge is 0.490 e. The van der Waals surface area contributed by atoms with Crippen LogP contribution in [0.4, 0.5) is 8.78 Å². The molecule has 1 aromatic heterocycles. The van der Waals surface area contributed by atoms with Gasteiger partial charge in [0.15, 0.2) is 11.6 Å². The van der Waals surface area contributed by atoms with Gasteiger partial charge in [-0.1, -0.05) is 12.2 Å². The maximum absolute atomic E-state index is 14.3. The van der Waals surface area contributed by atoms with Crippen molar-refractivity contribution >= 4 is 12.0 Å². The highest BCUT2D eigenvalue weighted by Gasteiger charge is 2.23. The number of nitrogens with one attached hydrogen (secondary N) is 1. The number of hydrogen-bond acceptors (Lipinski definition) is 3. The molecule has 1 aliphatic rings. The molecule has 1 aromatic carbocycles. The number of rotatable bonds is 8. The van der Waals surface area contributed by atoms with Gasteiger partial charge in [0.25, 0.3) is 0 Å². The SMILES string of the molecule is CC(=O)N[C@@H](C)/C=C/c1cnn(Cc2cc(F)c(OCC3CC3)cc2F)c1. The predicted molar refractivity (Wildman–Crippen MR) is 98.2 cm³/mol. The van der Waals surface area contributed by atoms with E-state index < -0.39 is 11.6 Å². The van der Waals surface area contributed by atoms with E-state index in [4.69, 9.17) is 4.74 Å². The normalized spacial score (nSPS) is 15.1. The number of ether oxygens (including phenoxy) is 1. The van der Waals surface area contributed by atoms with Crippen molar-refractivity contribution in [1.29, 1.82) is 0 Å². The van der Waals surface area contributed by atoms with E-state index in [1.807, 2.05) is 19.1 Å². The van der Waals surface area contributed by atoms with Gasteiger partial charge in [0.2, 0.25) is 5.91 Å². The molecule has 2 aromatic rings. The van der Waals surface area contributed by atoms with E-state index in [1.54, 1.807) is 12.4 Å². The maximum atomic E-state index is 14.3. The van der Waals surface area contributed by atoms with Crippen molar-refractivity contribution in [3.63, 3.8) is 0 Å². The number of aromatic nitrogens is 2. The second-order valence-corrected chi connectivity index (χ2v) is 6.95. The minimum absolute atomic E-state index is 0.0424. The van der Waals surface area contributed by atoms with Crippen LogP contribution in [0.5, 0.6) is 5.75 Å². The molecule has 0 bridgehead atoms. The zero-order valence-electron chi connectivity index (χ0n) is 15.4. The first kappa shape index (κ1) is 19.1. The molecular formula is C20H23F2N3O2. The quantitative estimate of drug-likeness (QED) is 0.768. The van der Waals surface area contributed by atoms with Crippen molar-refractivity contribution in [3.8, 4) is 5.75 Å². The zero-order valence-corrected chi connectivity index (χ0v) is 15.4. The van der Waals surface area contributed by atoms with E-state index in [9.17, 15) is 13.6 Å². The van der Waals surface area contributed by atoms with E-state index in [-0.39, 0.29) is 29.8 Å². The lowest BCUT2D eigenvalue weighted by atomic mass is 10.2. The molecule has 1 saturated carbocycles. The summed E-state index contributed by atoms with van der Waals surface area (Å²) in [6.07, 6.45) is 9.17. The van der Waals surface area contributed by atoms with Crippen LogP contribution in [0.1, 0.15) is 37.8 Å². The molecule has 0 spiro atoms. The number of amides is 1. The van der Waals surface area contributed by atoms with Crippen molar-refractivity contribution in [2.75, 3.05) is 6.61 Å². The van der Waals surface area contributed by atoms with Crippen LogP contribution >= 0.6 is 0 Å². The van der Waals surface area contributed by atoms with Gasteiger partial charge in [-0.3, -0.25) is 9.48 Å². The van der Waals surface area contributed by atoms with Gasteiger partial charge >= 0.3 is 0 Å². The van der Waals surface area contributed by atoms with Crippen LogP contribution in [0.25, 0.3) is 6.08 Å². The topological polar surface area (TPSA) is 56.2 Å². The van der Waals surface area contributed by atoms with Crippen LogP contribution in [0, 0.1) is 17.6 Å². The monoisotopic (exact) mass is 375 g/mol. The van der Waals surface area contributed by atoms with Gasteiger partial charge < -0.3 is 10.1 Å². The highest BCUT2D eigenvalue weighted by molar-refractivity contribution is 5.73. The van der Waals surface area contributed by atoms with Crippen molar-refractivity contribution in [3.05, 3.63) is 53.4 Å². The number of hydrogen-bond donors (Lipinski definition) is 1. The van der Waals surface area contributed by atoms with Gasteiger partial charge in [-0.2, -0.15) is 5.10 Å². The lowest BCUT2D eigenvalue weighted by molar-refractivity contribution is -0.119. The molecule has 0 radical (unpaired) electrons. The van der Waals surface area contributed by atoms with Gasteiger partial charge in [-0.25, -0.2) is 8.78 Å². The molecule has 0 saturated heterocycles. The molecular weight excluding hydrogens is 352 g/mol. The first-order valence-electron chi connectivity index (χ1n) is 8.99. The van der Waals surface area contributed by atoms with Crippen molar-refractivity contribution in [2.45, 2.75) is 39.3 Å². The van der Waals surface area contributed by atoms with E-state index in [0.29, 0.717) is 12.5 Å². The summed E-state index contributed by atoms with van der Waals surface area (Å²) in [6, 6.07) is 2.15. The fraction of sp³-hybridized carbons (Fsp3) is 0.400. The van der Waals surface area contributed by atoms with Gasteiger partial charge in [0, 0.05) is 36.4 Å². The van der Waals surface area contributed by atoms with Crippen LogP contribution in [0.15, 0.2) is 30.6 Å². The van der Waals surface area contributed by atoms with Crippen LogP contribution in [0.3, 0.4) is 0 Å². The lowest BCUT2D eigenvalue weighted by Gasteiger charge is -2.10. The van der Waals surface area contributed by atoms with Gasteiger partial charge in [-0.05, 0) is 31.7 Å². The number of carbonyl (C=O) groups excluding carboxylic acids is 1. The Kier molecular flexibility index (Phi) is 5.88. The molecule has 1 atom stereocenters. The number of benzene rings is 1. The predicted octanol–water partition coefficient (Wildman–Crippen LogP) is 3.54. The van der Waals surface area contributed by atoms with E-state index in [1.165, 1.54) is 11.6 Å². The summed E-state index contributed by atoms with van der Waals surface area (Å²) in [7, 11) is 0. The summed E-state index contributed by atoms with van der Waals surface area (Å²) >= 11 is 0. The highest BCUT2D eigenvalue weighted by Crippen LogP contribution is 2.30. The van der Waals surface area contributed by atoms with Crippen molar-refractivity contribution in [1.82, 2.24) is 15.1 Å². The second-order valence-electron chi connectivity index (χ2n) is 6.95. The molecule has 5 nitrogen and oxygen atoms in total. The van der Waals surface area contributed by atoms with Crippen LogP contribution < -0.4 is 10.1 Å². The molecule has 0 aliphatic heterocycles. The molecule has 1 N–H and O–H groups in total. The Balaban J connectivity index is 1.63. The fourth-order valence-corrected chi connectivity index (χ4v) is 2.64. The molecule has 7 heteroatoms. The third kappa shape index (κ3) is 5.64. The Morgan fingerprint density at radius 2 is 2.19 bits per heavy atom. The molecule has 144 valence electrons. The first-order chi connectivity index (χ1) is 12.9. The average Bonchev–Trinajstić information content (AvgIpc) is 3.32. The fourth-order valence-electron chi connectivity index (χ4n) is 2.64. The van der Waals surface area contributed by atoms with E-state index in [0.717, 1.165) is 30.5 Å². The maximum Gasteiger partial charge on any atom is 0.217 e. The lowest BCUT2D eigenvalue weighted by Crippen LogP contribution is -2.28. The highest BCUT2D eigenvalue weighted by atomic mass is 19.1. The minimum atomic E-state index is -0.566.